The molecule has 0 heteroatoms. The van der Waals surface area contributed by atoms with Crippen LogP contribution >= 0.6 is 0 Å². The summed E-state index contributed by atoms with van der Waals surface area (Å²) in [5, 5.41) is 0. The first-order chi connectivity index (χ1) is 11.1. The number of unbranched alkanes of at least 4 members (excludes halogenated alkanes) is 8. The lowest BCUT2D eigenvalue weighted by atomic mass is 9.67. The topological polar surface area (TPSA) is 0 Å². The Bertz CT molecular complexity index is 275. The van der Waals surface area contributed by atoms with E-state index in [-0.39, 0.29) is 0 Å². The van der Waals surface area contributed by atoms with E-state index in [1.165, 1.54) is 77.0 Å². The summed E-state index contributed by atoms with van der Waals surface area (Å²) in [6, 6.07) is 0. The van der Waals surface area contributed by atoms with Crippen molar-refractivity contribution in [1.29, 1.82) is 0 Å². The van der Waals surface area contributed by atoms with Crippen LogP contribution in [-0.4, -0.2) is 0 Å². The van der Waals surface area contributed by atoms with Crippen LogP contribution in [-0.2, 0) is 0 Å². The molecule has 0 spiro atoms. The molecule has 2 atom stereocenters. The van der Waals surface area contributed by atoms with E-state index in [1.807, 2.05) is 0 Å². The second kappa shape index (κ2) is 12.4. The standard InChI is InChI=1S/C24H50/c1-9-11-12-13-14-15-16-17-18-19-22(24(6,7)8)20-21(10-2)23(3,4)5/h21-22H,9-20H2,1-8H3. The molecule has 0 aliphatic heterocycles. The van der Waals surface area contributed by atoms with Crippen LogP contribution in [0.1, 0.15) is 132 Å². The Morgan fingerprint density at radius 1 is 0.542 bits per heavy atom. The van der Waals surface area contributed by atoms with Crippen LogP contribution in [0.4, 0.5) is 0 Å². The number of rotatable bonds is 13. The highest BCUT2D eigenvalue weighted by Crippen LogP contribution is 2.41. The highest BCUT2D eigenvalue weighted by molar-refractivity contribution is 4.81. The van der Waals surface area contributed by atoms with Gasteiger partial charge in [-0.15, -0.1) is 0 Å². The summed E-state index contributed by atoms with van der Waals surface area (Å²) >= 11 is 0. The maximum absolute atomic E-state index is 2.46. The fourth-order valence-electron chi connectivity index (χ4n) is 4.08. The average Bonchev–Trinajstić information content (AvgIpc) is 2.46. The van der Waals surface area contributed by atoms with Gasteiger partial charge in [-0.2, -0.15) is 0 Å². The lowest BCUT2D eigenvalue weighted by molar-refractivity contribution is 0.121. The molecule has 146 valence electrons. The van der Waals surface area contributed by atoms with E-state index in [0.717, 1.165) is 11.8 Å². The predicted molar refractivity (Wildman–Crippen MR) is 113 cm³/mol. The fraction of sp³-hybridized carbons (Fsp3) is 1.00. The largest absolute Gasteiger partial charge is 0.0654 e. The van der Waals surface area contributed by atoms with Gasteiger partial charge >= 0.3 is 0 Å². The molecule has 0 saturated carbocycles. The van der Waals surface area contributed by atoms with Gasteiger partial charge in [-0.1, -0.05) is 120 Å². The maximum atomic E-state index is 2.46. The molecule has 0 fully saturated rings. The zero-order chi connectivity index (χ0) is 18.6. The Labute approximate surface area is 155 Å². The van der Waals surface area contributed by atoms with Crippen LogP contribution in [0.25, 0.3) is 0 Å². The summed E-state index contributed by atoms with van der Waals surface area (Å²) in [4.78, 5) is 0. The molecule has 0 heterocycles. The second-order valence-electron chi connectivity index (χ2n) is 10.4. The summed E-state index contributed by atoms with van der Waals surface area (Å²) in [5.74, 6) is 1.74. The molecular weight excluding hydrogens is 288 g/mol. The Morgan fingerprint density at radius 3 is 1.33 bits per heavy atom. The summed E-state index contributed by atoms with van der Waals surface area (Å²) < 4.78 is 0. The predicted octanol–water partition coefficient (Wildman–Crippen LogP) is 9.03. The van der Waals surface area contributed by atoms with Crippen molar-refractivity contribution < 1.29 is 0 Å². The first-order valence-electron chi connectivity index (χ1n) is 11.1. The van der Waals surface area contributed by atoms with Crippen LogP contribution in [0.5, 0.6) is 0 Å². The third-order valence-electron chi connectivity index (χ3n) is 6.17. The van der Waals surface area contributed by atoms with Crippen LogP contribution in [0, 0.1) is 22.7 Å². The molecule has 0 radical (unpaired) electrons. The SMILES string of the molecule is CCCCCCCCCCCC(CC(CC)C(C)(C)C)C(C)(C)C. The molecule has 0 aliphatic carbocycles. The van der Waals surface area contributed by atoms with Gasteiger partial charge in [-0.3, -0.25) is 0 Å². The first-order valence-corrected chi connectivity index (χ1v) is 11.1. The Hall–Kier alpha value is 0. The van der Waals surface area contributed by atoms with E-state index < -0.39 is 0 Å². The van der Waals surface area contributed by atoms with E-state index in [1.54, 1.807) is 0 Å². The van der Waals surface area contributed by atoms with Gasteiger partial charge in [0.05, 0.1) is 0 Å². The van der Waals surface area contributed by atoms with Crippen molar-refractivity contribution in [2.24, 2.45) is 22.7 Å². The molecule has 24 heavy (non-hydrogen) atoms. The monoisotopic (exact) mass is 338 g/mol. The molecule has 0 aromatic carbocycles. The highest BCUT2D eigenvalue weighted by Gasteiger charge is 2.31. The lowest BCUT2D eigenvalue weighted by Gasteiger charge is -2.38. The van der Waals surface area contributed by atoms with Crippen molar-refractivity contribution in [2.45, 2.75) is 132 Å². The van der Waals surface area contributed by atoms with E-state index in [4.69, 9.17) is 0 Å². The molecular formula is C24H50. The molecule has 0 aromatic heterocycles. The van der Waals surface area contributed by atoms with Crippen LogP contribution in [0.15, 0.2) is 0 Å². The molecule has 0 nitrogen and oxygen atoms in total. The molecule has 0 N–H and O–H groups in total. The van der Waals surface area contributed by atoms with Crippen LogP contribution < -0.4 is 0 Å². The fourth-order valence-corrected chi connectivity index (χ4v) is 4.08. The molecule has 0 rings (SSSR count). The summed E-state index contributed by atoms with van der Waals surface area (Å²) in [5.41, 5.74) is 0.912. The van der Waals surface area contributed by atoms with Crippen molar-refractivity contribution >= 4 is 0 Å². The van der Waals surface area contributed by atoms with Crippen LogP contribution in [0.2, 0.25) is 0 Å². The summed E-state index contributed by atoms with van der Waals surface area (Å²) in [7, 11) is 0. The molecule has 0 saturated heterocycles. The van der Waals surface area contributed by atoms with E-state index >= 15 is 0 Å². The van der Waals surface area contributed by atoms with Gasteiger partial charge in [0.1, 0.15) is 0 Å². The molecule has 0 aliphatic rings. The van der Waals surface area contributed by atoms with Gasteiger partial charge in [0, 0.05) is 0 Å². The Balaban J connectivity index is 4.10. The van der Waals surface area contributed by atoms with E-state index in [0.29, 0.717) is 10.8 Å². The van der Waals surface area contributed by atoms with Crippen molar-refractivity contribution in [3.63, 3.8) is 0 Å². The second-order valence-corrected chi connectivity index (χ2v) is 10.4. The third kappa shape index (κ3) is 11.5. The minimum absolute atomic E-state index is 0.455. The number of hydrogen-bond donors (Lipinski definition) is 0. The summed E-state index contributed by atoms with van der Waals surface area (Å²) in [6.07, 6.45) is 17.2. The first kappa shape index (κ1) is 24.0. The zero-order valence-electron chi connectivity index (χ0n) is 18.6. The normalized spacial score (nSPS) is 15.5. The van der Waals surface area contributed by atoms with Gasteiger partial charge in [-0.05, 0) is 35.5 Å². The molecule has 2 unspecified atom stereocenters. The van der Waals surface area contributed by atoms with Crippen molar-refractivity contribution in [1.82, 2.24) is 0 Å². The minimum atomic E-state index is 0.455. The smallest absolute Gasteiger partial charge is 0.0354 e. The summed E-state index contributed by atoms with van der Waals surface area (Å²) in [6.45, 7) is 19.4. The van der Waals surface area contributed by atoms with Gasteiger partial charge < -0.3 is 0 Å². The molecule has 0 aromatic rings. The molecule has 0 bridgehead atoms. The zero-order valence-corrected chi connectivity index (χ0v) is 18.6. The van der Waals surface area contributed by atoms with Gasteiger partial charge in [0.15, 0.2) is 0 Å². The maximum Gasteiger partial charge on any atom is -0.0354 e. The quantitative estimate of drug-likeness (QED) is 0.294. The average molecular weight is 339 g/mol. The van der Waals surface area contributed by atoms with Gasteiger partial charge in [0.25, 0.3) is 0 Å². The molecule has 0 amide bonds. The van der Waals surface area contributed by atoms with E-state index in [2.05, 4.69) is 55.4 Å². The van der Waals surface area contributed by atoms with Crippen molar-refractivity contribution in [3.05, 3.63) is 0 Å². The number of hydrogen-bond acceptors (Lipinski definition) is 0. The Morgan fingerprint density at radius 2 is 0.958 bits per heavy atom. The minimum Gasteiger partial charge on any atom is -0.0654 e. The lowest BCUT2D eigenvalue weighted by Crippen LogP contribution is -2.28. The highest BCUT2D eigenvalue weighted by atomic mass is 14.4. The van der Waals surface area contributed by atoms with Crippen molar-refractivity contribution in [2.75, 3.05) is 0 Å². The van der Waals surface area contributed by atoms with Crippen molar-refractivity contribution in [3.8, 4) is 0 Å². The van der Waals surface area contributed by atoms with Crippen LogP contribution in [0.3, 0.4) is 0 Å². The van der Waals surface area contributed by atoms with Gasteiger partial charge in [0.2, 0.25) is 0 Å². The Kier molecular flexibility index (Phi) is 12.4. The van der Waals surface area contributed by atoms with Gasteiger partial charge in [-0.25, -0.2) is 0 Å². The van der Waals surface area contributed by atoms with E-state index in [9.17, 15) is 0 Å². The third-order valence-corrected chi connectivity index (χ3v) is 6.17.